The minimum absolute atomic E-state index is 0.596. The number of rotatable bonds is 5. The molecule has 4 nitrogen and oxygen atoms in total. The Hall–Kier alpha value is -6.91. The zero-order valence-electron chi connectivity index (χ0n) is 27.5. The lowest BCUT2D eigenvalue weighted by molar-refractivity contribution is 0.673. The molecule has 0 amide bonds. The van der Waals surface area contributed by atoms with Gasteiger partial charge in [0, 0.05) is 32.8 Å². The third kappa shape index (κ3) is 5.04. The third-order valence-electron chi connectivity index (χ3n) is 9.72. The Labute approximate surface area is 294 Å². The smallest absolute Gasteiger partial charge is 0.164 e. The van der Waals surface area contributed by atoms with E-state index in [0.29, 0.717) is 17.5 Å². The lowest BCUT2D eigenvalue weighted by Gasteiger charge is -2.10. The molecule has 10 rings (SSSR count). The van der Waals surface area contributed by atoms with Crippen LogP contribution in [0, 0.1) is 0 Å². The topological polar surface area (TPSA) is 51.8 Å². The van der Waals surface area contributed by atoms with Gasteiger partial charge in [-0.3, -0.25) is 0 Å². The highest BCUT2D eigenvalue weighted by Crippen LogP contribution is 2.42. The second kappa shape index (κ2) is 11.9. The van der Waals surface area contributed by atoms with Crippen molar-refractivity contribution in [3.8, 4) is 56.4 Å². The van der Waals surface area contributed by atoms with Crippen molar-refractivity contribution in [3.05, 3.63) is 176 Å². The SMILES string of the molecule is c1ccc(-c2nc(-c3ccccc3)nc(-c3ccc4c(c3)oc3c5ccccc5cc(-c5ccc(-c6cccc7ccccc67)cc5)c43)n2)cc1. The number of fused-ring (bicyclic) bond motifs is 6. The molecule has 0 unspecified atom stereocenters. The Balaban J connectivity index is 1.14. The molecule has 10 aromatic rings. The fourth-order valence-electron chi connectivity index (χ4n) is 7.22. The molecule has 2 aromatic heterocycles. The minimum Gasteiger partial charge on any atom is -0.455 e. The molecule has 4 heteroatoms. The summed E-state index contributed by atoms with van der Waals surface area (Å²) in [7, 11) is 0. The number of benzene rings is 8. The van der Waals surface area contributed by atoms with Gasteiger partial charge < -0.3 is 4.42 Å². The molecule has 0 aliphatic carbocycles. The van der Waals surface area contributed by atoms with Crippen LogP contribution >= 0.6 is 0 Å². The van der Waals surface area contributed by atoms with E-state index >= 15 is 0 Å². The summed E-state index contributed by atoms with van der Waals surface area (Å²) in [4.78, 5) is 14.8. The third-order valence-corrected chi connectivity index (χ3v) is 9.72. The van der Waals surface area contributed by atoms with Crippen LogP contribution in [-0.2, 0) is 0 Å². The normalized spacial score (nSPS) is 11.5. The van der Waals surface area contributed by atoms with Crippen molar-refractivity contribution in [2.75, 3.05) is 0 Å². The van der Waals surface area contributed by atoms with Gasteiger partial charge in [0.1, 0.15) is 11.2 Å². The molecular formula is C47H29N3O. The van der Waals surface area contributed by atoms with Crippen molar-refractivity contribution < 1.29 is 4.42 Å². The Morgan fingerprint density at radius 2 is 0.863 bits per heavy atom. The summed E-state index contributed by atoms with van der Waals surface area (Å²) in [5.41, 5.74) is 9.09. The van der Waals surface area contributed by atoms with Gasteiger partial charge in [0.05, 0.1) is 0 Å². The molecular weight excluding hydrogens is 623 g/mol. The maximum atomic E-state index is 6.79. The van der Waals surface area contributed by atoms with Gasteiger partial charge in [0.2, 0.25) is 0 Å². The Bertz CT molecular complexity index is 2830. The van der Waals surface area contributed by atoms with Gasteiger partial charge in [-0.2, -0.15) is 0 Å². The molecule has 51 heavy (non-hydrogen) atoms. The first-order chi connectivity index (χ1) is 25.3. The second-order valence-electron chi connectivity index (χ2n) is 12.8. The number of aromatic nitrogens is 3. The fourth-order valence-corrected chi connectivity index (χ4v) is 7.22. The fraction of sp³-hybridized carbons (Fsp3) is 0. The van der Waals surface area contributed by atoms with Crippen LogP contribution in [0.5, 0.6) is 0 Å². The molecule has 0 aliphatic heterocycles. The van der Waals surface area contributed by atoms with Crippen molar-refractivity contribution >= 4 is 43.5 Å². The molecule has 8 aromatic carbocycles. The zero-order valence-corrected chi connectivity index (χ0v) is 27.5. The van der Waals surface area contributed by atoms with E-state index in [9.17, 15) is 0 Å². The molecule has 0 atom stereocenters. The van der Waals surface area contributed by atoms with E-state index in [2.05, 4.69) is 115 Å². The average molecular weight is 652 g/mol. The number of nitrogens with zero attached hydrogens (tertiary/aromatic N) is 3. The standard InChI is InChI=1S/C47H29N3O/c1-3-13-33(14-4-1)45-48-46(34-15-5-2-6-16-34)50-47(49-45)36-26-27-40-42(29-36)51-44-39-20-10-8-17-35(39)28-41(43(40)44)32-24-22-31(23-25-32)38-21-11-18-30-12-7-9-19-37(30)38/h1-29H. The van der Waals surface area contributed by atoms with E-state index in [-0.39, 0.29) is 0 Å². The summed E-state index contributed by atoms with van der Waals surface area (Å²) in [5, 5.41) is 6.85. The molecule has 238 valence electrons. The second-order valence-corrected chi connectivity index (χ2v) is 12.8. The largest absolute Gasteiger partial charge is 0.455 e. The summed E-state index contributed by atoms with van der Waals surface area (Å²) in [6.45, 7) is 0. The molecule has 0 saturated carbocycles. The summed E-state index contributed by atoms with van der Waals surface area (Å²) < 4.78 is 6.79. The van der Waals surface area contributed by atoms with Crippen LogP contribution in [0.4, 0.5) is 0 Å². The first-order valence-corrected chi connectivity index (χ1v) is 17.1. The van der Waals surface area contributed by atoms with Crippen molar-refractivity contribution in [2.24, 2.45) is 0 Å². The van der Waals surface area contributed by atoms with Gasteiger partial charge >= 0.3 is 0 Å². The van der Waals surface area contributed by atoms with Crippen LogP contribution in [0.1, 0.15) is 0 Å². The predicted molar refractivity (Wildman–Crippen MR) is 209 cm³/mol. The highest BCUT2D eigenvalue weighted by Gasteiger charge is 2.19. The van der Waals surface area contributed by atoms with Crippen LogP contribution in [0.15, 0.2) is 180 Å². The van der Waals surface area contributed by atoms with Gasteiger partial charge in [-0.1, -0.05) is 158 Å². The van der Waals surface area contributed by atoms with Gasteiger partial charge in [-0.25, -0.2) is 15.0 Å². The highest BCUT2D eigenvalue weighted by atomic mass is 16.3. The quantitative estimate of drug-likeness (QED) is 0.186. The summed E-state index contributed by atoms with van der Waals surface area (Å²) >= 11 is 0. The van der Waals surface area contributed by atoms with Crippen LogP contribution < -0.4 is 0 Å². The Morgan fingerprint density at radius 1 is 0.333 bits per heavy atom. The lowest BCUT2D eigenvalue weighted by atomic mass is 9.93. The molecule has 0 aliphatic rings. The maximum absolute atomic E-state index is 6.79. The Morgan fingerprint density at radius 3 is 1.55 bits per heavy atom. The van der Waals surface area contributed by atoms with Gasteiger partial charge in [-0.05, 0) is 56.6 Å². The molecule has 0 N–H and O–H groups in total. The molecule has 0 radical (unpaired) electrons. The number of hydrogen-bond donors (Lipinski definition) is 0. The van der Waals surface area contributed by atoms with Crippen LogP contribution in [0.25, 0.3) is 99.9 Å². The molecule has 0 fully saturated rings. The van der Waals surface area contributed by atoms with E-state index in [1.807, 2.05) is 60.7 Å². The molecule has 0 spiro atoms. The lowest BCUT2D eigenvalue weighted by Crippen LogP contribution is -2.00. The van der Waals surface area contributed by atoms with Crippen LogP contribution in [0.2, 0.25) is 0 Å². The first kappa shape index (κ1) is 29.0. The van der Waals surface area contributed by atoms with E-state index < -0.39 is 0 Å². The van der Waals surface area contributed by atoms with Gasteiger partial charge in [0.15, 0.2) is 17.5 Å². The average Bonchev–Trinajstić information content (AvgIpc) is 3.60. The first-order valence-electron chi connectivity index (χ1n) is 17.1. The van der Waals surface area contributed by atoms with E-state index in [1.165, 1.54) is 21.9 Å². The van der Waals surface area contributed by atoms with E-state index in [1.54, 1.807) is 0 Å². The predicted octanol–water partition coefficient (Wildman–Crippen LogP) is 12.4. The van der Waals surface area contributed by atoms with Crippen LogP contribution in [0.3, 0.4) is 0 Å². The summed E-state index contributed by atoms with van der Waals surface area (Å²) in [6, 6.07) is 61.1. The molecule has 0 saturated heterocycles. The van der Waals surface area contributed by atoms with E-state index in [4.69, 9.17) is 19.4 Å². The monoisotopic (exact) mass is 651 g/mol. The zero-order chi connectivity index (χ0) is 33.7. The molecule has 0 bridgehead atoms. The summed E-state index contributed by atoms with van der Waals surface area (Å²) in [6.07, 6.45) is 0. The number of hydrogen-bond acceptors (Lipinski definition) is 4. The molecule has 2 heterocycles. The maximum Gasteiger partial charge on any atom is 0.164 e. The van der Waals surface area contributed by atoms with Crippen molar-refractivity contribution in [2.45, 2.75) is 0 Å². The highest BCUT2D eigenvalue weighted by molar-refractivity contribution is 6.21. The van der Waals surface area contributed by atoms with Crippen molar-refractivity contribution in [3.63, 3.8) is 0 Å². The minimum atomic E-state index is 0.596. The van der Waals surface area contributed by atoms with Gasteiger partial charge in [-0.15, -0.1) is 0 Å². The van der Waals surface area contributed by atoms with Gasteiger partial charge in [0.25, 0.3) is 0 Å². The number of furan rings is 1. The van der Waals surface area contributed by atoms with E-state index in [0.717, 1.165) is 60.5 Å². The van der Waals surface area contributed by atoms with Crippen molar-refractivity contribution in [1.29, 1.82) is 0 Å². The summed E-state index contributed by atoms with van der Waals surface area (Å²) in [5.74, 6) is 1.85. The Kier molecular flexibility index (Phi) is 6.78. The van der Waals surface area contributed by atoms with Crippen molar-refractivity contribution in [1.82, 2.24) is 15.0 Å². The van der Waals surface area contributed by atoms with Crippen LogP contribution in [-0.4, -0.2) is 15.0 Å².